The Hall–Kier alpha value is -4.28. The van der Waals surface area contributed by atoms with E-state index in [2.05, 4.69) is 138 Å². The van der Waals surface area contributed by atoms with Crippen molar-refractivity contribution in [2.45, 2.75) is 90.2 Å². The summed E-state index contributed by atoms with van der Waals surface area (Å²) in [5, 5.41) is 0. The molecule has 0 spiro atoms. The van der Waals surface area contributed by atoms with Gasteiger partial charge in [-0.25, -0.2) is 4.98 Å². The maximum Gasteiger partial charge on any atom is 2.00 e. The molecule has 0 saturated carbocycles. The first-order valence-electron chi connectivity index (χ1n) is 17.1. The molecule has 0 amide bonds. The topological polar surface area (TPSA) is 59.8 Å². The van der Waals surface area contributed by atoms with Gasteiger partial charge in [0.1, 0.15) is 23.9 Å². The summed E-state index contributed by atoms with van der Waals surface area (Å²) < 4.78 is 12.8. The van der Waals surface area contributed by atoms with E-state index in [9.17, 15) is 0 Å². The van der Waals surface area contributed by atoms with Gasteiger partial charge in [0, 0.05) is 24.1 Å². The zero-order valence-electron chi connectivity index (χ0n) is 29.9. The first-order valence-corrected chi connectivity index (χ1v) is 17.1. The van der Waals surface area contributed by atoms with Crippen molar-refractivity contribution in [3.63, 3.8) is 0 Å². The van der Waals surface area contributed by atoms with Gasteiger partial charge >= 0.3 is 21.1 Å². The number of benzene rings is 3. The smallest absolute Gasteiger partial charge is 0.514 e. The number of aromatic nitrogens is 2. The van der Waals surface area contributed by atoms with Crippen LogP contribution in [0.4, 0.5) is 17.2 Å². The predicted molar refractivity (Wildman–Crippen MR) is 195 cm³/mol. The number of pyridine rings is 2. The number of hydrogen-bond acceptors (Lipinski definition) is 6. The fourth-order valence-corrected chi connectivity index (χ4v) is 7.33. The molecule has 0 radical (unpaired) electrons. The standard InChI is InChI=1S/C43H42N4O2.Pt/c1-41(2,3)28-13-15-32-26(19-28)21-37-39(32)46-40(49-37)27-20-31(25-44-24-27)48-30-14-16-34-36(23-30)47(35-12-10-9-11-33(35)43(34,7)8)38-22-29(17-18-45-38)42(4,5)6;/h9-19,22,24-25,37,39H,21H2,1-8H3;/q-2;+2/t37-,39+;/m0./s1. The molecule has 50 heavy (non-hydrogen) atoms. The first kappa shape index (κ1) is 34.2. The van der Waals surface area contributed by atoms with Crippen LogP contribution in [-0.4, -0.2) is 22.0 Å². The molecule has 0 fully saturated rings. The molecule has 8 rings (SSSR count). The number of nitrogens with zero attached hydrogens (tertiary/aromatic N) is 4. The van der Waals surface area contributed by atoms with E-state index in [0.29, 0.717) is 23.0 Å². The number of hydrogen-bond donors (Lipinski definition) is 0. The van der Waals surface area contributed by atoms with Crippen molar-refractivity contribution in [1.29, 1.82) is 0 Å². The Morgan fingerprint density at radius 1 is 0.840 bits per heavy atom. The van der Waals surface area contributed by atoms with Crippen molar-refractivity contribution < 1.29 is 30.5 Å². The second kappa shape index (κ2) is 12.2. The second-order valence-electron chi connectivity index (χ2n) is 16.0. The van der Waals surface area contributed by atoms with E-state index in [-0.39, 0.29) is 49.5 Å². The van der Waals surface area contributed by atoms with E-state index in [1.165, 1.54) is 27.8 Å². The molecule has 2 aliphatic heterocycles. The second-order valence-corrected chi connectivity index (χ2v) is 16.0. The van der Waals surface area contributed by atoms with Crippen LogP contribution in [-0.2, 0) is 48.5 Å². The zero-order valence-corrected chi connectivity index (χ0v) is 32.1. The average Bonchev–Trinajstić information content (AvgIpc) is 3.63. The molecular weight excluding hydrogens is 800 g/mol. The van der Waals surface area contributed by atoms with Gasteiger partial charge in [-0.05, 0) is 68.5 Å². The van der Waals surface area contributed by atoms with E-state index >= 15 is 0 Å². The number of fused-ring (bicyclic) bond motifs is 5. The molecule has 0 N–H and O–H groups in total. The minimum atomic E-state index is -0.254. The van der Waals surface area contributed by atoms with Crippen LogP contribution >= 0.6 is 0 Å². The Labute approximate surface area is 310 Å². The van der Waals surface area contributed by atoms with Gasteiger partial charge in [-0.15, -0.1) is 17.7 Å². The third-order valence-electron chi connectivity index (χ3n) is 10.2. The third kappa shape index (κ3) is 5.86. The largest absolute Gasteiger partial charge is 2.00 e. The molecule has 0 saturated heterocycles. The molecule has 2 atom stereocenters. The fourth-order valence-electron chi connectivity index (χ4n) is 7.33. The summed E-state index contributed by atoms with van der Waals surface area (Å²) in [5.74, 6) is 2.44. The van der Waals surface area contributed by atoms with Gasteiger partial charge in [-0.2, -0.15) is 6.07 Å². The molecule has 6 nitrogen and oxygen atoms in total. The third-order valence-corrected chi connectivity index (χ3v) is 10.2. The number of ether oxygens (including phenoxy) is 2. The van der Waals surface area contributed by atoms with Crippen LogP contribution in [0.3, 0.4) is 0 Å². The summed E-state index contributed by atoms with van der Waals surface area (Å²) in [4.78, 5) is 16.6. The summed E-state index contributed by atoms with van der Waals surface area (Å²) >= 11 is 0. The van der Waals surface area contributed by atoms with Gasteiger partial charge < -0.3 is 19.4 Å². The van der Waals surface area contributed by atoms with Crippen LogP contribution in [0.25, 0.3) is 0 Å². The summed E-state index contributed by atoms with van der Waals surface area (Å²) in [6.07, 6.45) is 6.13. The van der Waals surface area contributed by atoms with Crippen molar-refractivity contribution in [2.24, 2.45) is 4.99 Å². The molecule has 3 aromatic carbocycles. The van der Waals surface area contributed by atoms with E-state index < -0.39 is 0 Å². The van der Waals surface area contributed by atoms with Crippen LogP contribution in [0.2, 0.25) is 0 Å². The molecular formula is C43H42N4O2Pt. The molecule has 256 valence electrons. The van der Waals surface area contributed by atoms with Gasteiger partial charge in [0.05, 0.1) is 5.75 Å². The van der Waals surface area contributed by atoms with Crippen LogP contribution < -0.4 is 9.64 Å². The predicted octanol–water partition coefficient (Wildman–Crippen LogP) is 10.0. The Balaban J connectivity index is 0.00000392. The molecule has 2 aromatic heterocycles. The minimum Gasteiger partial charge on any atom is -0.514 e. The number of anilines is 3. The van der Waals surface area contributed by atoms with Crippen LogP contribution in [0.1, 0.15) is 100 Å². The van der Waals surface area contributed by atoms with E-state index in [0.717, 1.165) is 29.2 Å². The van der Waals surface area contributed by atoms with Gasteiger partial charge in [0.2, 0.25) is 0 Å². The van der Waals surface area contributed by atoms with Crippen LogP contribution in [0.5, 0.6) is 11.5 Å². The van der Waals surface area contributed by atoms with E-state index in [1.807, 2.05) is 12.3 Å². The molecule has 4 heterocycles. The van der Waals surface area contributed by atoms with Crippen molar-refractivity contribution in [1.82, 2.24) is 9.97 Å². The number of para-hydroxylation sites is 1. The first-order chi connectivity index (χ1) is 23.3. The Morgan fingerprint density at radius 2 is 1.60 bits per heavy atom. The van der Waals surface area contributed by atoms with Gasteiger partial charge in [0.25, 0.3) is 0 Å². The van der Waals surface area contributed by atoms with Gasteiger partial charge in [-0.3, -0.25) is 4.99 Å². The number of aliphatic imine (C=N–C) groups is 1. The summed E-state index contributed by atoms with van der Waals surface area (Å²) in [6.45, 7) is 17.9. The molecule has 3 aliphatic rings. The Kier molecular flexibility index (Phi) is 8.34. The molecule has 0 bridgehead atoms. The van der Waals surface area contributed by atoms with Crippen molar-refractivity contribution in [3.05, 3.63) is 136 Å². The number of rotatable bonds is 4. The van der Waals surface area contributed by atoms with Gasteiger partial charge in [0.15, 0.2) is 0 Å². The molecule has 0 unspecified atom stereocenters. The monoisotopic (exact) mass is 841 g/mol. The Bertz CT molecular complexity index is 2140. The van der Waals surface area contributed by atoms with E-state index in [4.69, 9.17) is 19.5 Å². The SMILES string of the molecule is CC(C)(C)c1ccnc(N2c3[c-]c(Oc4[c-]c(C5=N[C@@H]6c7ccc(C(C)(C)C)cc7C[C@@H]6O5)cnc4)ccc3C(C)(C)c3ccccc32)c1.[Pt+2]. The molecule has 5 aromatic rings. The van der Waals surface area contributed by atoms with Crippen LogP contribution in [0, 0.1) is 12.1 Å². The zero-order chi connectivity index (χ0) is 34.3. The normalized spacial score (nSPS) is 18.6. The maximum absolute atomic E-state index is 6.43. The summed E-state index contributed by atoms with van der Waals surface area (Å²) in [5.41, 5.74) is 10.00. The van der Waals surface area contributed by atoms with Crippen LogP contribution in [0.15, 0.2) is 90.3 Å². The van der Waals surface area contributed by atoms with Gasteiger partial charge in [-0.1, -0.05) is 115 Å². The Morgan fingerprint density at radius 3 is 2.38 bits per heavy atom. The quantitative estimate of drug-likeness (QED) is 0.169. The fraction of sp³-hybridized carbons (Fsp3) is 0.326. The average molecular weight is 842 g/mol. The summed E-state index contributed by atoms with van der Waals surface area (Å²) in [6, 6.07) is 30.7. The minimum absolute atomic E-state index is 0. The summed E-state index contributed by atoms with van der Waals surface area (Å²) in [7, 11) is 0. The molecule has 1 aliphatic carbocycles. The van der Waals surface area contributed by atoms with Crippen molar-refractivity contribution in [3.8, 4) is 11.5 Å². The van der Waals surface area contributed by atoms with E-state index in [1.54, 1.807) is 12.4 Å². The molecule has 7 heteroatoms. The van der Waals surface area contributed by atoms with Crippen molar-refractivity contribution >= 4 is 23.1 Å². The maximum atomic E-state index is 6.43. The van der Waals surface area contributed by atoms with Crippen molar-refractivity contribution in [2.75, 3.05) is 4.90 Å².